The van der Waals surface area contributed by atoms with E-state index in [2.05, 4.69) is 58.0 Å². The van der Waals surface area contributed by atoms with E-state index in [0.29, 0.717) is 12.1 Å². The van der Waals surface area contributed by atoms with Gasteiger partial charge in [0.2, 0.25) is 0 Å². The number of fused-ring (bicyclic) bond motifs is 1. The number of hydrogen-bond donors (Lipinski definition) is 0. The lowest BCUT2D eigenvalue weighted by molar-refractivity contribution is 0.213. The molecule has 5 rings (SSSR count). The monoisotopic (exact) mass is 536 g/mol. The van der Waals surface area contributed by atoms with Crippen LogP contribution in [0.1, 0.15) is 33.1 Å². The molecule has 1 aliphatic heterocycles. The molecular formula is C29H37ClN6O2. The number of methoxy groups -OCH3 is 2. The minimum atomic E-state index is 0. The van der Waals surface area contributed by atoms with Crippen molar-refractivity contribution in [3.8, 4) is 22.8 Å². The van der Waals surface area contributed by atoms with Crippen LogP contribution in [0.3, 0.4) is 0 Å². The molecule has 8 nitrogen and oxygen atoms in total. The molecule has 3 heterocycles. The second-order valence-electron chi connectivity index (χ2n) is 9.92. The predicted octanol–water partition coefficient (Wildman–Crippen LogP) is 5.87. The number of aromatic nitrogens is 4. The smallest absolute Gasteiger partial charge is 0.124 e. The number of nitrogens with zero attached hydrogens (tertiary/aromatic N) is 6. The normalized spacial score (nSPS) is 17.4. The van der Waals surface area contributed by atoms with Crippen LogP contribution in [0.5, 0.6) is 11.5 Å². The van der Waals surface area contributed by atoms with Crippen LogP contribution in [0.25, 0.3) is 22.3 Å². The highest BCUT2D eigenvalue weighted by molar-refractivity contribution is 5.85. The molecule has 38 heavy (non-hydrogen) atoms. The molecular weight excluding hydrogens is 500 g/mol. The van der Waals surface area contributed by atoms with Gasteiger partial charge in [0, 0.05) is 73.6 Å². The van der Waals surface area contributed by atoms with Gasteiger partial charge in [-0.15, -0.1) is 12.4 Å². The Morgan fingerprint density at radius 1 is 0.921 bits per heavy atom. The summed E-state index contributed by atoms with van der Waals surface area (Å²) in [4.78, 5) is 14.6. The average Bonchev–Trinajstić information content (AvgIpc) is 3.50. The van der Waals surface area contributed by atoms with Gasteiger partial charge in [0.15, 0.2) is 0 Å². The topological polar surface area (TPSA) is 68.5 Å². The summed E-state index contributed by atoms with van der Waals surface area (Å²) in [5.74, 6) is 1.53. The lowest BCUT2D eigenvalue weighted by Gasteiger charge is -2.30. The Hall–Kier alpha value is -3.36. The fourth-order valence-electron chi connectivity index (χ4n) is 5.32. The van der Waals surface area contributed by atoms with Gasteiger partial charge >= 0.3 is 0 Å². The molecule has 2 aromatic heterocycles. The van der Waals surface area contributed by atoms with Gasteiger partial charge in [-0.3, -0.25) is 14.6 Å². The first-order valence-electron chi connectivity index (χ1n) is 13.0. The van der Waals surface area contributed by atoms with E-state index in [-0.39, 0.29) is 12.4 Å². The summed E-state index contributed by atoms with van der Waals surface area (Å²) < 4.78 is 13.0. The molecule has 0 radical (unpaired) electrons. The van der Waals surface area contributed by atoms with Crippen molar-refractivity contribution >= 4 is 34.8 Å². The summed E-state index contributed by atoms with van der Waals surface area (Å²) in [7, 11) is 5.27. The lowest BCUT2D eigenvalue weighted by atomic mass is 10.1. The molecule has 0 N–H and O–H groups in total. The molecule has 0 saturated carbocycles. The number of benzene rings is 2. The van der Waals surface area contributed by atoms with Crippen molar-refractivity contribution in [1.82, 2.24) is 24.6 Å². The SMILES string of the molecule is COc1cc(OC)cc(N(CCCN2[C@H](C)CC[C@@H]2C)c2ccc3ncc(-c4cnn(C)c4)nc3c2)c1.Cl. The van der Waals surface area contributed by atoms with Gasteiger partial charge in [-0.25, -0.2) is 4.98 Å². The quantitative estimate of drug-likeness (QED) is 0.265. The van der Waals surface area contributed by atoms with Gasteiger partial charge in [0.1, 0.15) is 11.5 Å². The van der Waals surface area contributed by atoms with E-state index >= 15 is 0 Å². The van der Waals surface area contributed by atoms with Gasteiger partial charge in [0.25, 0.3) is 0 Å². The molecule has 1 aliphatic rings. The first-order chi connectivity index (χ1) is 17.9. The summed E-state index contributed by atoms with van der Waals surface area (Å²) in [5, 5.41) is 4.28. The molecule has 4 aromatic rings. The summed E-state index contributed by atoms with van der Waals surface area (Å²) in [5.41, 5.74) is 5.55. The van der Waals surface area contributed by atoms with Crippen LogP contribution in [-0.4, -0.2) is 64.0 Å². The number of ether oxygens (including phenoxy) is 2. The highest BCUT2D eigenvalue weighted by atomic mass is 35.5. The Kier molecular flexibility index (Phi) is 8.74. The molecule has 2 aromatic carbocycles. The largest absolute Gasteiger partial charge is 0.497 e. The Morgan fingerprint density at radius 3 is 2.26 bits per heavy atom. The van der Waals surface area contributed by atoms with Gasteiger partial charge < -0.3 is 14.4 Å². The Balaban J connectivity index is 0.00000336. The van der Waals surface area contributed by atoms with Crippen LogP contribution in [0.2, 0.25) is 0 Å². The highest BCUT2D eigenvalue weighted by Gasteiger charge is 2.26. The maximum Gasteiger partial charge on any atom is 0.124 e. The number of likely N-dealkylation sites (tertiary alicyclic amines) is 1. The molecule has 1 fully saturated rings. The third-order valence-corrected chi connectivity index (χ3v) is 7.42. The summed E-state index contributed by atoms with van der Waals surface area (Å²) in [6.45, 7) is 6.61. The molecule has 9 heteroatoms. The maximum atomic E-state index is 5.59. The van der Waals surface area contributed by atoms with Crippen molar-refractivity contribution < 1.29 is 9.47 Å². The molecule has 0 unspecified atom stereocenters. The van der Waals surface area contributed by atoms with E-state index < -0.39 is 0 Å². The average molecular weight is 537 g/mol. The zero-order chi connectivity index (χ0) is 25.9. The summed E-state index contributed by atoms with van der Waals surface area (Å²) >= 11 is 0. The van der Waals surface area contributed by atoms with Crippen molar-refractivity contribution in [2.75, 3.05) is 32.2 Å². The molecule has 0 amide bonds. The Morgan fingerprint density at radius 2 is 1.63 bits per heavy atom. The Labute approximate surface area is 231 Å². The zero-order valence-corrected chi connectivity index (χ0v) is 23.6. The van der Waals surface area contributed by atoms with E-state index in [1.54, 1.807) is 18.9 Å². The molecule has 202 valence electrons. The van der Waals surface area contributed by atoms with Crippen LogP contribution in [0.15, 0.2) is 55.0 Å². The number of hydrogen-bond acceptors (Lipinski definition) is 7. The minimum absolute atomic E-state index is 0. The van der Waals surface area contributed by atoms with Crippen molar-refractivity contribution in [2.45, 2.75) is 45.2 Å². The molecule has 0 spiro atoms. The predicted molar refractivity (Wildman–Crippen MR) is 155 cm³/mol. The van der Waals surface area contributed by atoms with E-state index in [1.807, 2.05) is 37.8 Å². The van der Waals surface area contributed by atoms with Gasteiger partial charge in [-0.1, -0.05) is 0 Å². The third kappa shape index (κ3) is 5.87. The number of halogens is 1. The molecule has 1 saturated heterocycles. The van der Waals surface area contributed by atoms with Crippen molar-refractivity contribution in [2.24, 2.45) is 7.05 Å². The van der Waals surface area contributed by atoms with Crippen LogP contribution >= 0.6 is 12.4 Å². The standard InChI is InChI=1S/C29H36N6O2.ClH/c1-20-7-8-21(2)34(20)11-6-12-35(24-13-25(36-4)16-26(14-24)37-5)23-9-10-27-28(15-23)32-29(18-30-27)22-17-31-33(3)19-22;/h9-10,13-21H,6-8,11-12H2,1-5H3;1H/t20-,21+;. The van der Waals surface area contributed by atoms with Gasteiger partial charge in [0.05, 0.1) is 43.3 Å². The van der Waals surface area contributed by atoms with Crippen molar-refractivity contribution in [3.05, 3.63) is 55.0 Å². The first kappa shape index (κ1) is 27.7. The first-order valence-corrected chi connectivity index (χ1v) is 13.0. The third-order valence-electron chi connectivity index (χ3n) is 7.42. The van der Waals surface area contributed by atoms with Crippen LogP contribution < -0.4 is 14.4 Å². The number of anilines is 2. The molecule has 0 bridgehead atoms. The fraction of sp³-hybridized carbons (Fsp3) is 0.414. The van der Waals surface area contributed by atoms with E-state index in [4.69, 9.17) is 14.5 Å². The van der Waals surface area contributed by atoms with E-state index in [1.165, 1.54) is 12.8 Å². The second-order valence-corrected chi connectivity index (χ2v) is 9.92. The van der Waals surface area contributed by atoms with Crippen LogP contribution in [0, 0.1) is 0 Å². The van der Waals surface area contributed by atoms with E-state index in [9.17, 15) is 0 Å². The van der Waals surface area contributed by atoms with Gasteiger partial charge in [-0.2, -0.15) is 5.10 Å². The zero-order valence-electron chi connectivity index (χ0n) is 22.8. The van der Waals surface area contributed by atoms with Gasteiger partial charge in [-0.05, 0) is 51.3 Å². The van der Waals surface area contributed by atoms with Crippen LogP contribution in [0.4, 0.5) is 11.4 Å². The van der Waals surface area contributed by atoms with Crippen molar-refractivity contribution in [3.63, 3.8) is 0 Å². The van der Waals surface area contributed by atoms with Crippen molar-refractivity contribution in [1.29, 1.82) is 0 Å². The highest BCUT2D eigenvalue weighted by Crippen LogP contribution is 2.34. The van der Waals surface area contributed by atoms with E-state index in [0.717, 1.165) is 64.7 Å². The van der Waals surface area contributed by atoms with Crippen LogP contribution in [-0.2, 0) is 7.05 Å². The Bertz CT molecular complexity index is 1340. The second kappa shape index (κ2) is 12.0. The lowest BCUT2D eigenvalue weighted by Crippen LogP contribution is -2.35. The minimum Gasteiger partial charge on any atom is -0.497 e. The number of aryl methyl sites for hydroxylation is 1. The molecule has 2 atom stereocenters. The molecule has 0 aliphatic carbocycles. The summed E-state index contributed by atoms with van der Waals surface area (Å²) in [6.07, 6.45) is 9.17. The number of rotatable bonds is 9. The summed E-state index contributed by atoms with van der Waals surface area (Å²) in [6, 6.07) is 13.6. The maximum absolute atomic E-state index is 5.59. The fourth-order valence-corrected chi connectivity index (χ4v) is 5.32.